The van der Waals surface area contributed by atoms with Crippen molar-refractivity contribution in [1.82, 2.24) is 0 Å². The molecule has 0 saturated carbocycles. The minimum Gasteiger partial charge on any atom is -0.490 e. The highest BCUT2D eigenvalue weighted by molar-refractivity contribution is 5.82. The molecule has 0 amide bonds. The fraction of sp³-hybridized carbons (Fsp3) is 0.486. The van der Waals surface area contributed by atoms with E-state index in [1.54, 1.807) is 0 Å². The number of para-hydroxylation sites is 1. The zero-order valence-corrected chi connectivity index (χ0v) is 26.6. The van der Waals surface area contributed by atoms with E-state index in [0.717, 1.165) is 34.4 Å². The third-order valence-electron chi connectivity index (χ3n) is 7.76. The molecule has 4 nitrogen and oxygen atoms in total. The van der Waals surface area contributed by atoms with Crippen molar-refractivity contribution in [2.45, 2.75) is 81.4 Å². The van der Waals surface area contributed by atoms with Crippen LogP contribution >= 0.6 is 0 Å². The Balaban J connectivity index is 1.80. The first kappa shape index (κ1) is 32.4. The maximum Gasteiger partial charge on any atom is 0.314 e. The number of ether oxygens (including phenoxy) is 3. The standard InChI is InChI=1S/C37H50O4/c1-27(2)25-37(9,36(6,7)8)34(38)41-32(26-35(3,4)5)39-23-24-40-33-30(28-17-12-10-13-18-28)21-16-22-31(33)29-19-14-11-15-20-29/h10-22,27,32H,23-26H2,1-9H3. The summed E-state index contributed by atoms with van der Waals surface area (Å²) < 4.78 is 18.9. The van der Waals surface area contributed by atoms with Crippen LogP contribution in [0.2, 0.25) is 0 Å². The lowest BCUT2D eigenvalue weighted by Crippen LogP contribution is -2.44. The molecule has 0 spiro atoms. The van der Waals surface area contributed by atoms with E-state index in [-0.39, 0.29) is 16.8 Å². The average Bonchev–Trinajstić information content (AvgIpc) is 2.90. The van der Waals surface area contributed by atoms with Gasteiger partial charge in [0.05, 0.1) is 12.0 Å². The number of esters is 1. The van der Waals surface area contributed by atoms with Gasteiger partial charge in [-0.25, -0.2) is 0 Å². The van der Waals surface area contributed by atoms with Crippen LogP contribution < -0.4 is 4.74 Å². The number of benzene rings is 3. The van der Waals surface area contributed by atoms with Crippen LogP contribution in [0.25, 0.3) is 22.3 Å². The Morgan fingerprint density at radius 3 is 1.63 bits per heavy atom. The lowest BCUT2D eigenvalue weighted by atomic mass is 9.64. The van der Waals surface area contributed by atoms with Gasteiger partial charge in [-0.05, 0) is 41.2 Å². The Hall–Kier alpha value is -3.11. The van der Waals surface area contributed by atoms with E-state index < -0.39 is 11.7 Å². The Bertz CT molecular complexity index is 1180. The van der Waals surface area contributed by atoms with Crippen LogP contribution in [0.1, 0.15) is 75.2 Å². The summed E-state index contributed by atoms with van der Waals surface area (Å²) in [6.07, 6.45) is 0.688. The molecule has 222 valence electrons. The molecule has 0 aliphatic carbocycles. The molecule has 0 radical (unpaired) electrons. The Labute approximate surface area is 248 Å². The Morgan fingerprint density at radius 1 is 0.683 bits per heavy atom. The molecule has 3 rings (SSSR count). The predicted molar refractivity (Wildman–Crippen MR) is 170 cm³/mol. The fourth-order valence-corrected chi connectivity index (χ4v) is 5.10. The van der Waals surface area contributed by atoms with Gasteiger partial charge in [-0.3, -0.25) is 4.79 Å². The van der Waals surface area contributed by atoms with Gasteiger partial charge in [0.25, 0.3) is 0 Å². The molecule has 41 heavy (non-hydrogen) atoms. The van der Waals surface area contributed by atoms with Crippen LogP contribution in [0.5, 0.6) is 5.75 Å². The molecule has 2 unspecified atom stereocenters. The molecule has 3 aromatic carbocycles. The van der Waals surface area contributed by atoms with E-state index in [1.165, 1.54) is 0 Å². The van der Waals surface area contributed by atoms with Gasteiger partial charge in [0.2, 0.25) is 6.29 Å². The quantitative estimate of drug-likeness (QED) is 0.126. The van der Waals surface area contributed by atoms with Gasteiger partial charge >= 0.3 is 5.97 Å². The van der Waals surface area contributed by atoms with Gasteiger partial charge in [-0.1, -0.05) is 134 Å². The van der Waals surface area contributed by atoms with Crippen molar-refractivity contribution < 1.29 is 19.0 Å². The lowest BCUT2D eigenvalue weighted by Gasteiger charge is -2.42. The number of rotatable bonds is 12. The molecule has 0 bridgehead atoms. The van der Waals surface area contributed by atoms with Crippen molar-refractivity contribution in [1.29, 1.82) is 0 Å². The first-order valence-corrected chi connectivity index (χ1v) is 14.9. The largest absolute Gasteiger partial charge is 0.490 e. The van der Waals surface area contributed by atoms with Crippen molar-refractivity contribution >= 4 is 5.97 Å². The third-order valence-corrected chi connectivity index (χ3v) is 7.76. The number of carbonyl (C=O) groups excluding carboxylic acids is 1. The molecule has 0 N–H and O–H groups in total. The van der Waals surface area contributed by atoms with Crippen molar-refractivity contribution in [2.75, 3.05) is 13.2 Å². The monoisotopic (exact) mass is 558 g/mol. The van der Waals surface area contributed by atoms with Crippen molar-refractivity contribution in [3.63, 3.8) is 0 Å². The molecule has 2 atom stereocenters. The molecule has 0 fully saturated rings. The van der Waals surface area contributed by atoms with E-state index in [2.05, 4.69) is 97.9 Å². The summed E-state index contributed by atoms with van der Waals surface area (Å²) in [6, 6.07) is 26.8. The Morgan fingerprint density at radius 2 is 1.20 bits per heavy atom. The summed E-state index contributed by atoms with van der Waals surface area (Å²) in [6.45, 7) is 19.7. The van der Waals surface area contributed by atoms with E-state index in [0.29, 0.717) is 25.6 Å². The maximum absolute atomic E-state index is 13.7. The minimum absolute atomic E-state index is 0.0810. The molecule has 0 saturated heterocycles. The molecule has 0 aromatic heterocycles. The van der Waals surface area contributed by atoms with E-state index in [1.807, 2.05) is 43.3 Å². The van der Waals surface area contributed by atoms with Crippen LogP contribution in [0.4, 0.5) is 0 Å². The van der Waals surface area contributed by atoms with Gasteiger partial charge in [0, 0.05) is 17.5 Å². The van der Waals surface area contributed by atoms with Crippen molar-refractivity contribution in [2.24, 2.45) is 22.2 Å². The second-order valence-corrected chi connectivity index (χ2v) is 13.9. The summed E-state index contributed by atoms with van der Waals surface area (Å²) in [7, 11) is 0. The fourth-order valence-electron chi connectivity index (χ4n) is 5.10. The smallest absolute Gasteiger partial charge is 0.314 e. The van der Waals surface area contributed by atoms with Gasteiger partial charge in [0.15, 0.2) is 0 Å². The summed E-state index contributed by atoms with van der Waals surface area (Å²) in [5.41, 5.74) is 3.27. The van der Waals surface area contributed by atoms with Gasteiger partial charge in [-0.2, -0.15) is 0 Å². The van der Waals surface area contributed by atoms with E-state index >= 15 is 0 Å². The van der Waals surface area contributed by atoms with Crippen LogP contribution in [0.15, 0.2) is 78.9 Å². The van der Waals surface area contributed by atoms with Gasteiger partial charge < -0.3 is 14.2 Å². The van der Waals surface area contributed by atoms with Gasteiger partial charge in [-0.15, -0.1) is 0 Å². The summed E-state index contributed by atoms with van der Waals surface area (Å²) in [4.78, 5) is 13.7. The molecular formula is C37H50O4. The molecule has 0 aliphatic heterocycles. The molecule has 0 aliphatic rings. The van der Waals surface area contributed by atoms with E-state index in [9.17, 15) is 4.79 Å². The summed E-state index contributed by atoms with van der Waals surface area (Å²) in [5, 5.41) is 0. The van der Waals surface area contributed by atoms with Crippen LogP contribution in [0, 0.1) is 22.2 Å². The number of carbonyl (C=O) groups is 1. The van der Waals surface area contributed by atoms with Crippen LogP contribution in [-0.2, 0) is 14.3 Å². The first-order valence-electron chi connectivity index (χ1n) is 14.9. The SMILES string of the molecule is CC(C)CC(C)(C(=O)OC(CC(C)(C)C)OCCOc1c(-c2ccccc2)cccc1-c1ccccc1)C(C)(C)C. The van der Waals surface area contributed by atoms with Crippen molar-refractivity contribution in [3.8, 4) is 28.0 Å². The highest BCUT2D eigenvalue weighted by Gasteiger charge is 2.46. The second kappa shape index (κ2) is 13.7. The zero-order chi connectivity index (χ0) is 30.3. The lowest BCUT2D eigenvalue weighted by molar-refractivity contribution is -0.202. The summed E-state index contributed by atoms with van der Waals surface area (Å²) in [5.74, 6) is 0.982. The average molecular weight is 559 g/mol. The highest BCUT2D eigenvalue weighted by atomic mass is 16.7. The van der Waals surface area contributed by atoms with E-state index in [4.69, 9.17) is 14.2 Å². The number of hydrogen-bond acceptors (Lipinski definition) is 4. The Kier molecular flexibility index (Phi) is 10.8. The topological polar surface area (TPSA) is 44.8 Å². The molecular weight excluding hydrogens is 508 g/mol. The van der Waals surface area contributed by atoms with Crippen molar-refractivity contribution in [3.05, 3.63) is 78.9 Å². The summed E-state index contributed by atoms with van der Waals surface area (Å²) >= 11 is 0. The molecule has 3 aromatic rings. The highest BCUT2D eigenvalue weighted by Crippen LogP contribution is 2.45. The maximum atomic E-state index is 13.7. The zero-order valence-electron chi connectivity index (χ0n) is 26.6. The third kappa shape index (κ3) is 8.94. The predicted octanol–water partition coefficient (Wildman–Crippen LogP) is 9.82. The first-order chi connectivity index (χ1) is 19.2. The van der Waals surface area contributed by atoms with Crippen LogP contribution in [0.3, 0.4) is 0 Å². The molecule has 0 heterocycles. The number of hydrogen-bond donors (Lipinski definition) is 0. The van der Waals surface area contributed by atoms with Gasteiger partial charge in [0.1, 0.15) is 12.4 Å². The normalized spacial score (nSPS) is 14.4. The molecule has 4 heteroatoms. The van der Waals surface area contributed by atoms with Crippen LogP contribution in [-0.4, -0.2) is 25.5 Å². The second-order valence-electron chi connectivity index (χ2n) is 13.9. The minimum atomic E-state index is -0.655.